The van der Waals surface area contributed by atoms with Crippen molar-refractivity contribution in [3.8, 4) is 5.69 Å². The summed E-state index contributed by atoms with van der Waals surface area (Å²) in [5, 5.41) is 5.58. The molecular formula is C22H30ClN3O. The zero-order valence-electron chi connectivity index (χ0n) is 16.8. The molecule has 0 saturated carbocycles. The number of nitrogens with zero attached hydrogens (tertiary/aromatic N) is 3. The summed E-state index contributed by atoms with van der Waals surface area (Å²) < 4.78 is 1.94. The van der Waals surface area contributed by atoms with Crippen molar-refractivity contribution < 1.29 is 4.79 Å². The lowest BCUT2D eigenvalue weighted by Crippen LogP contribution is -2.36. The second kappa shape index (κ2) is 8.47. The van der Waals surface area contributed by atoms with Crippen molar-refractivity contribution in [1.29, 1.82) is 0 Å². The molecule has 0 N–H and O–H groups in total. The Kier molecular flexibility index (Phi) is 6.25. The maximum absolute atomic E-state index is 13.5. The van der Waals surface area contributed by atoms with Crippen LogP contribution in [0.2, 0.25) is 5.02 Å². The molecule has 0 aliphatic carbocycles. The second-order valence-electron chi connectivity index (χ2n) is 8.20. The van der Waals surface area contributed by atoms with Crippen LogP contribution < -0.4 is 0 Å². The molecule has 0 bridgehead atoms. The molecule has 3 rings (SSSR count). The van der Waals surface area contributed by atoms with Crippen LogP contribution in [0.15, 0.2) is 24.3 Å². The molecule has 2 heterocycles. The van der Waals surface area contributed by atoms with E-state index in [0.29, 0.717) is 10.9 Å². The maximum Gasteiger partial charge on any atom is 0.257 e. The predicted octanol–water partition coefficient (Wildman–Crippen LogP) is 5.47. The zero-order valence-corrected chi connectivity index (χ0v) is 17.6. The fourth-order valence-corrected chi connectivity index (χ4v) is 4.02. The van der Waals surface area contributed by atoms with E-state index in [0.717, 1.165) is 55.0 Å². The van der Waals surface area contributed by atoms with Crippen LogP contribution in [-0.2, 0) is 6.42 Å². The average Bonchev–Trinajstić information content (AvgIpc) is 3.00. The van der Waals surface area contributed by atoms with Gasteiger partial charge in [0, 0.05) is 18.1 Å². The fourth-order valence-electron chi connectivity index (χ4n) is 3.83. The Morgan fingerprint density at radius 1 is 1.15 bits per heavy atom. The largest absolute Gasteiger partial charge is 0.339 e. The molecule has 1 saturated heterocycles. The summed E-state index contributed by atoms with van der Waals surface area (Å²) in [4.78, 5) is 15.5. The quantitative estimate of drug-likeness (QED) is 0.681. The molecule has 5 heteroatoms. The molecule has 146 valence electrons. The highest BCUT2D eigenvalue weighted by molar-refractivity contribution is 6.30. The summed E-state index contributed by atoms with van der Waals surface area (Å²) in [5.41, 5.74) is 3.61. The standard InChI is InChI=1S/C22H30ClN3O/c1-15(2)13-19-20(22(27)25-11-6-5-7-12-25)21(16(3)4)26(24-19)18-10-8-9-17(23)14-18/h8-10,14-16H,5-7,11-13H2,1-4H3. The normalized spacial score (nSPS) is 15.0. The number of carbonyl (C=O) groups excluding carboxylic acids is 1. The van der Waals surface area contributed by atoms with Gasteiger partial charge >= 0.3 is 0 Å². The van der Waals surface area contributed by atoms with Gasteiger partial charge in [0.2, 0.25) is 0 Å². The molecule has 0 unspecified atom stereocenters. The van der Waals surface area contributed by atoms with Crippen molar-refractivity contribution >= 4 is 17.5 Å². The Morgan fingerprint density at radius 3 is 2.44 bits per heavy atom. The van der Waals surface area contributed by atoms with Gasteiger partial charge in [-0.3, -0.25) is 4.79 Å². The Balaban J connectivity index is 2.15. The number of piperidine rings is 1. The topological polar surface area (TPSA) is 38.1 Å². The summed E-state index contributed by atoms with van der Waals surface area (Å²) in [5.74, 6) is 0.754. The lowest BCUT2D eigenvalue weighted by Gasteiger charge is -2.27. The van der Waals surface area contributed by atoms with Gasteiger partial charge in [0.05, 0.1) is 22.6 Å². The van der Waals surface area contributed by atoms with Crippen molar-refractivity contribution in [2.45, 2.75) is 59.3 Å². The van der Waals surface area contributed by atoms with Gasteiger partial charge in [-0.15, -0.1) is 0 Å². The predicted molar refractivity (Wildman–Crippen MR) is 111 cm³/mol. The number of halogens is 1. The molecule has 1 aliphatic heterocycles. The number of amides is 1. The number of hydrogen-bond acceptors (Lipinski definition) is 2. The monoisotopic (exact) mass is 387 g/mol. The van der Waals surface area contributed by atoms with Gasteiger partial charge in [-0.1, -0.05) is 45.4 Å². The molecule has 27 heavy (non-hydrogen) atoms. The fraction of sp³-hybridized carbons (Fsp3) is 0.545. The van der Waals surface area contributed by atoms with E-state index in [-0.39, 0.29) is 11.8 Å². The van der Waals surface area contributed by atoms with Crippen molar-refractivity contribution in [2.24, 2.45) is 5.92 Å². The van der Waals surface area contributed by atoms with Crippen LogP contribution in [0.25, 0.3) is 5.69 Å². The van der Waals surface area contributed by atoms with Crippen LogP contribution in [-0.4, -0.2) is 33.7 Å². The Morgan fingerprint density at radius 2 is 1.85 bits per heavy atom. The van der Waals surface area contributed by atoms with Crippen LogP contribution in [0.3, 0.4) is 0 Å². The first-order valence-electron chi connectivity index (χ1n) is 10.1. The third-order valence-corrected chi connectivity index (χ3v) is 5.29. The minimum absolute atomic E-state index is 0.141. The number of likely N-dealkylation sites (tertiary alicyclic amines) is 1. The molecule has 4 nitrogen and oxygen atoms in total. The minimum atomic E-state index is 0.141. The lowest BCUT2D eigenvalue weighted by atomic mass is 9.97. The number of carbonyl (C=O) groups is 1. The van der Waals surface area contributed by atoms with E-state index in [2.05, 4.69) is 27.7 Å². The van der Waals surface area contributed by atoms with Gasteiger partial charge in [0.1, 0.15) is 0 Å². The Labute approximate surface area is 167 Å². The van der Waals surface area contributed by atoms with Gasteiger partial charge in [0.15, 0.2) is 0 Å². The third kappa shape index (κ3) is 4.37. The first kappa shape index (κ1) is 19.9. The van der Waals surface area contributed by atoms with Gasteiger partial charge in [-0.05, 0) is 55.7 Å². The van der Waals surface area contributed by atoms with E-state index in [1.165, 1.54) is 6.42 Å². The molecule has 0 spiro atoms. The van der Waals surface area contributed by atoms with Gasteiger partial charge in [0.25, 0.3) is 5.91 Å². The van der Waals surface area contributed by atoms with Crippen LogP contribution in [0.1, 0.15) is 74.6 Å². The molecule has 1 fully saturated rings. The van der Waals surface area contributed by atoms with Crippen LogP contribution in [0, 0.1) is 5.92 Å². The number of aromatic nitrogens is 2. The summed E-state index contributed by atoms with van der Waals surface area (Å²) in [6, 6.07) is 7.70. The van der Waals surface area contributed by atoms with Crippen molar-refractivity contribution in [1.82, 2.24) is 14.7 Å². The van der Waals surface area contributed by atoms with Crippen molar-refractivity contribution in [3.63, 3.8) is 0 Å². The first-order valence-corrected chi connectivity index (χ1v) is 10.4. The first-order chi connectivity index (χ1) is 12.9. The zero-order chi connectivity index (χ0) is 19.6. The summed E-state index contributed by atoms with van der Waals surface area (Å²) in [6.07, 6.45) is 4.18. The SMILES string of the molecule is CC(C)Cc1nn(-c2cccc(Cl)c2)c(C(C)C)c1C(=O)N1CCCCC1. The smallest absolute Gasteiger partial charge is 0.257 e. The molecule has 1 aromatic heterocycles. The number of rotatable bonds is 5. The maximum atomic E-state index is 13.5. The molecule has 0 atom stereocenters. The van der Waals surface area contributed by atoms with Gasteiger partial charge in [-0.2, -0.15) is 5.10 Å². The van der Waals surface area contributed by atoms with E-state index in [1.54, 1.807) is 0 Å². The summed E-state index contributed by atoms with van der Waals surface area (Å²) in [7, 11) is 0. The van der Waals surface area contributed by atoms with E-state index in [4.69, 9.17) is 16.7 Å². The van der Waals surface area contributed by atoms with Crippen LogP contribution >= 0.6 is 11.6 Å². The summed E-state index contributed by atoms with van der Waals surface area (Å²) in [6.45, 7) is 10.3. The highest BCUT2D eigenvalue weighted by Crippen LogP contribution is 2.30. The van der Waals surface area contributed by atoms with Gasteiger partial charge < -0.3 is 4.90 Å². The van der Waals surface area contributed by atoms with Gasteiger partial charge in [-0.25, -0.2) is 4.68 Å². The van der Waals surface area contributed by atoms with Crippen LogP contribution in [0.4, 0.5) is 0 Å². The van der Waals surface area contributed by atoms with Crippen LogP contribution in [0.5, 0.6) is 0 Å². The molecule has 1 aromatic carbocycles. The summed E-state index contributed by atoms with van der Waals surface area (Å²) >= 11 is 6.23. The lowest BCUT2D eigenvalue weighted by molar-refractivity contribution is 0.0721. The van der Waals surface area contributed by atoms with E-state index in [9.17, 15) is 4.79 Å². The molecule has 0 radical (unpaired) electrons. The number of hydrogen-bond donors (Lipinski definition) is 0. The second-order valence-corrected chi connectivity index (χ2v) is 8.64. The third-order valence-electron chi connectivity index (χ3n) is 5.05. The molecular weight excluding hydrogens is 358 g/mol. The van der Waals surface area contributed by atoms with Crippen molar-refractivity contribution in [3.05, 3.63) is 46.2 Å². The number of benzene rings is 1. The van der Waals surface area contributed by atoms with E-state index >= 15 is 0 Å². The molecule has 1 amide bonds. The van der Waals surface area contributed by atoms with Crippen molar-refractivity contribution in [2.75, 3.05) is 13.1 Å². The average molecular weight is 388 g/mol. The highest BCUT2D eigenvalue weighted by atomic mass is 35.5. The van der Waals surface area contributed by atoms with E-state index < -0.39 is 0 Å². The highest BCUT2D eigenvalue weighted by Gasteiger charge is 2.30. The molecule has 2 aromatic rings. The molecule has 1 aliphatic rings. The minimum Gasteiger partial charge on any atom is -0.339 e. The Hall–Kier alpha value is -1.81. The van der Waals surface area contributed by atoms with E-state index in [1.807, 2.05) is 33.8 Å². The Bertz CT molecular complexity index is 804.